The number of benzene rings is 3. The van der Waals surface area contributed by atoms with Gasteiger partial charge in [0.15, 0.2) is 0 Å². The van der Waals surface area contributed by atoms with Gasteiger partial charge >= 0.3 is 0 Å². The fraction of sp³-hybridized carbons (Fsp3) is 0.333. The summed E-state index contributed by atoms with van der Waals surface area (Å²) >= 11 is 0. The number of methoxy groups -OCH3 is 1. The molecule has 0 atom stereocenters. The zero-order chi connectivity index (χ0) is 25.0. The van der Waals surface area contributed by atoms with Crippen molar-refractivity contribution >= 4 is 23.2 Å². The van der Waals surface area contributed by atoms with Crippen LogP contribution in [0.3, 0.4) is 0 Å². The van der Waals surface area contributed by atoms with Crippen LogP contribution in [0.4, 0.5) is 11.4 Å². The minimum absolute atomic E-state index is 0.0506. The second-order valence-corrected chi connectivity index (χ2v) is 9.66. The highest BCUT2D eigenvalue weighted by atomic mass is 16.5. The van der Waals surface area contributed by atoms with E-state index in [1.54, 1.807) is 7.11 Å². The van der Waals surface area contributed by atoms with Crippen LogP contribution in [0, 0.1) is 0 Å². The van der Waals surface area contributed by atoms with Crippen LogP contribution in [0.5, 0.6) is 5.75 Å². The van der Waals surface area contributed by atoms with Gasteiger partial charge in [-0.15, -0.1) is 0 Å². The molecule has 3 aromatic carbocycles. The molecule has 3 aromatic rings. The molecule has 1 aliphatic heterocycles. The molecule has 0 unspecified atom stereocenters. The second kappa shape index (κ2) is 10.4. The van der Waals surface area contributed by atoms with Crippen molar-refractivity contribution in [3.63, 3.8) is 0 Å². The van der Waals surface area contributed by atoms with Crippen molar-refractivity contribution in [3.8, 4) is 5.75 Å². The van der Waals surface area contributed by atoms with E-state index >= 15 is 0 Å². The summed E-state index contributed by atoms with van der Waals surface area (Å²) in [4.78, 5) is 30.4. The lowest BCUT2D eigenvalue weighted by molar-refractivity contribution is -0.121. The molecule has 1 heterocycles. The van der Waals surface area contributed by atoms with Crippen LogP contribution >= 0.6 is 0 Å². The van der Waals surface area contributed by atoms with Crippen LogP contribution in [0.25, 0.3) is 0 Å². The molecule has 1 aliphatic carbocycles. The van der Waals surface area contributed by atoms with E-state index in [0.717, 1.165) is 61.5 Å². The lowest BCUT2D eigenvalue weighted by atomic mass is 9.78. The van der Waals surface area contributed by atoms with Crippen molar-refractivity contribution < 1.29 is 14.3 Å². The van der Waals surface area contributed by atoms with Gasteiger partial charge < -0.3 is 19.9 Å². The molecule has 2 aliphatic rings. The molecule has 2 amide bonds. The molecule has 186 valence electrons. The van der Waals surface area contributed by atoms with E-state index in [2.05, 4.69) is 34.5 Å². The number of hydrogen-bond donors (Lipinski definition) is 1. The number of hydrogen-bond acceptors (Lipinski definition) is 4. The van der Waals surface area contributed by atoms with Crippen molar-refractivity contribution in [2.24, 2.45) is 0 Å². The first-order chi connectivity index (χ1) is 17.6. The Kier molecular flexibility index (Phi) is 6.94. The molecule has 1 saturated carbocycles. The third-order valence-electron chi connectivity index (χ3n) is 7.61. The van der Waals surface area contributed by atoms with Gasteiger partial charge in [0.25, 0.3) is 5.91 Å². The number of carbonyl (C=O) groups is 2. The summed E-state index contributed by atoms with van der Waals surface area (Å²) in [5.41, 5.74) is 3.27. The maximum absolute atomic E-state index is 13.4. The minimum atomic E-state index is -0.438. The first-order valence-corrected chi connectivity index (χ1v) is 12.7. The molecule has 0 radical (unpaired) electrons. The molecule has 6 heteroatoms. The zero-order valence-electron chi connectivity index (χ0n) is 20.8. The summed E-state index contributed by atoms with van der Waals surface area (Å²) in [5, 5.41) is 3.18. The Hall–Kier alpha value is -3.80. The number of rotatable bonds is 6. The molecule has 0 bridgehead atoms. The number of amides is 2. The number of nitrogens with zero attached hydrogens (tertiary/aromatic N) is 2. The standard InChI is InChI=1S/C30H33N3O3/c1-36-27-15-9-23(10-16-27)28(34)33-21-19-32(20-22-33)26-13-11-25(12-14-26)31-29(35)30(17-5-6-18-30)24-7-3-2-4-8-24/h2-4,7-16H,5-6,17-22H2,1H3,(H,31,35). The average molecular weight is 484 g/mol. The van der Waals surface area contributed by atoms with E-state index in [-0.39, 0.29) is 11.8 Å². The highest BCUT2D eigenvalue weighted by Gasteiger charge is 2.42. The number of carbonyl (C=O) groups excluding carboxylic acids is 2. The van der Waals surface area contributed by atoms with E-state index in [1.807, 2.05) is 59.5 Å². The summed E-state index contributed by atoms with van der Waals surface area (Å²) in [7, 11) is 1.62. The van der Waals surface area contributed by atoms with Crippen molar-refractivity contribution in [2.75, 3.05) is 43.5 Å². The van der Waals surface area contributed by atoms with Gasteiger partial charge in [-0.25, -0.2) is 0 Å². The minimum Gasteiger partial charge on any atom is -0.497 e. The zero-order valence-corrected chi connectivity index (χ0v) is 20.8. The monoisotopic (exact) mass is 483 g/mol. The fourth-order valence-corrected chi connectivity index (χ4v) is 5.47. The Balaban J connectivity index is 1.19. The van der Waals surface area contributed by atoms with Gasteiger partial charge in [0.05, 0.1) is 12.5 Å². The molecule has 0 spiro atoms. The number of anilines is 2. The highest BCUT2D eigenvalue weighted by Crippen LogP contribution is 2.42. The highest BCUT2D eigenvalue weighted by molar-refractivity contribution is 5.99. The van der Waals surface area contributed by atoms with Crippen molar-refractivity contribution in [1.29, 1.82) is 0 Å². The molecular formula is C30H33N3O3. The SMILES string of the molecule is COc1ccc(C(=O)N2CCN(c3ccc(NC(=O)C4(c5ccccc5)CCCC4)cc3)CC2)cc1. The van der Waals surface area contributed by atoms with Gasteiger partial charge in [0.1, 0.15) is 5.75 Å². The Labute approximate surface area is 212 Å². The van der Waals surface area contributed by atoms with Crippen LogP contribution in [0.15, 0.2) is 78.9 Å². The van der Waals surface area contributed by atoms with Crippen LogP contribution in [-0.4, -0.2) is 50.0 Å². The van der Waals surface area contributed by atoms with E-state index < -0.39 is 5.41 Å². The summed E-state index contributed by atoms with van der Waals surface area (Å²) < 4.78 is 5.18. The molecule has 0 aromatic heterocycles. The van der Waals surface area contributed by atoms with Gasteiger partial charge in [-0.1, -0.05) is 43.2 Å². The van der Waals surface area contributed by atoms with Gasteiger partial charge in [-0.05, 0) is 66.9 Å². The molecule has 6 nitrogen and oxygen atoms in total. The molecular weight excluding hydrogens is 450 g/mol. The molecule has 1 N–H and O–H groups in total. The quantitative estimate of drug-likeness (QED) is 0.529. The molecule has 36 heavy (non-hydrogen) atoms. The fourth-order valence-electron chi connectivity index (χ4n) is 5.47. The first-order valence-electron chi connectivity index (χ1n) is 12.7. The predicted molar refractivity (Wildman–Crippen MR) is 143 cm³/mol. The van der Waals surface area contributed by atoms with Gasteiger partial charge in [0, 0.05) is 43.1 Å². The molecule has 1 saturated heterocycles. The lowest BCUT2D eigenvalue weighted by Gasteiger charge is -2.36. The van der Waals surface area contributed by atoms with Gasteiger partial charge in [0.2, 0.25) is 5.91 Å². The maximum Gasteiger partial charge on any atom is 0.253 e. The second-order valence-electron chi connectivity index (χ2n) is 9.66. The summed E-state index contributed by atoms with van der Waals surface area (Å²) in [5.74, 6) is 0.883. The number of nitrogens with one attached hydrogen (secondary N) is 1. The number of ether oxygens (including phenoxy) is 1. The largest absolute Gasteiger partial charge is 0.497 e. The Morgan fingerprint density at radius 2 is 1.44 bits per heavy atom. The third-order valence-corrected chi connectivity index (χ3v) is 7.61. The van der Waals surface area contributed by atoms with Crippen molar-refractivity contribution in [3.05, 3.63) is 90.0 Å². The van der Waals surface area contributed by atoms with Gasteiger partial charge in [-0.3, -0.25) is 9.59 Å². The number of piperazine rings is 1. The van der Waals surface area contributed by atoms with Crippen molar-refractivity contribution in [2.45, 2.75) is 31.1 Å². The van der Waals surface area contributed by atoms with Crippen molar-refractivity contribution in [1.82, 2.24) is 4.90 Å². The topological polar surface area (TPSA) is 61.9 Å². The van der Waals surface area contributed by atoms with E-state index in [1.165, 1.54) is 0 Å². The Bertz CT molecular complexity index is 1180. The normalized spacial score (nSPS) is 17.0. The van der Waals surface area contributed by atoms with Gasteiger partial charge in [-0.2, -0.15) is 0 Å². The summed E-state index contributed by atoms with van der Waals surface area (Å²) in [6.45, 7) is 2.88. The smallest absolute Gasteiger partial charge is 0.253 e. The average Bonchev–Trinajstić information content (AvgIpc) is 3.45. The summed E-state index contributed by atoms with van der Waals surface area (Å²) in [6, 6.07) is 25.5. The maximum atomic E-state index is 13.4. The van der Waals surface area contributed by atoms with Crippen LogP contribution in [0.1, 0.15) is 41.6 Å². The van der Waals surface area contributed by atoms with E-state index in [4.69, 9.17) is 4.74 Å². The lowest BCUT2D eigenvalue weighted by Crippen LogP contribution is -2.48. The first kappa shape index (κ1) is 23.9. The van der Waals surface area contributed by atoms with Crippen LogP contribution < -0.4 is 15.0 Å². The van der Waals surface area contributed by atoms with E-state index in [9.17, 15) is 9.59 Å². The predicted octanol–water partition coefficient (Wildman–Crippen LogP) is 5.11. The summed E-state index contributed by atoms with van der Waals surface area (Å²) in [6.07, 6.45) is 3.93. The van der Waals surface area contributed by atoms with E-state index in [0.29, 0.717) is 18.7 Å². The third kappa shape index (κ3) is 4.81. The van der Waals surface area contributed by atoms with Crippen LogP contribution in [0.2, 0.25) is 0 Å². The molecule has 5 rings (SSSR count). The van der Waals surface area contributed by atoms with Crippen LogP contribution in [-0.2, 0) is 10.2 Å². The molecule has 2 fully saturated rings. The Morgan fingerprint density at radius 1 is 0.806 bits per heavy atom. The Morgan fingerprint density at radius 3 is 2.06 bits per heavy atom.